The maximum absolute atomic E-state index is 12.4. The summed E-state index contributed by atoms with van der Waals surface area (Å²) < 4.78 is 7.60. The number of nitrogens with one attached hydrogen (secondary N) is 1. The van der Waals surface area contributed by atoms with Gasteiger partial charge in [-0.15, -0.1) is 0 Å². The van der Waals surface area contributed by atoms with Crippen LogP contribution in [0.25, 0.3) is 0 Å². The first-order valence-electron chi connectivity index (χ1n) is 9.30. The van der Waals surface area contributed by atoms with Gasteiger partial charge in [0.15, 0.2) is 5.82 Å². The van der Waals surface area contributed by atoms with E-state index >= 15 is 0 Å². The van der Waals surface area contributed by atoms with Gasteiger partial charge >= 0.3 is 0 Å². The Labute approximate surface area is 172 Å². The van der Waals surface area contributed by atoms with Crippen molar-refractivity contribution in [2.75, 3.05) is 18.4 Å². The van der Waals surface area contributed by atoms with Crippen LogP contribution in [0.1, 0.15) is 30.7 Å². The highest BCUT2D eigenvalue weighted by Gasteiger charge is 2.35. The maximum Gasteiger partial charge on any atom is 0.250 e. The van der Waals surface area contributed by atoms with Crippen molar-refractivity contribution < 1.29 is 9.32 Å². The lowest BCUT2D eigenvalue weighted by molar-refractivity contribution is -0.115. The molecule has 1 fully saturated rings. The summed E-state index contributed by atoms with van der Waals surface area (Å²) in [5.41, 5.74) is 1.17. The molecule has 2 bridgehead atoms. The van der Waals surface area contributed by atoms with Crippen molar-refractivity contribution in [1.29, 1.82) is 0 Å². The predicted molar refractivity (Wildman–Crippen MR) is 113 cm³/mol. The highest BCUT2D eigenvalue weighted by molar-refractivity contribution is 8.23. The zero-order valence-electron chi connectivity index (χ0n) is 15.8. The van der Waals surface area contributed by atoms with Crippen molar-refractivity contribution in [3.63, 3.8) is 0 Å². The topological polar surface area (TPSA) is 80.4 Å². The van der Waals surface area contributed by atoms with E-state index in [1.54, 1.807) is 19.1 Å². The van der Waals surface area contributed by atoms with Crippen molar-refractivity contribution >= 4 is 40.0 Å². The van der Waals surface area contributed by atoms with Crippen molar-refractivity contribution in [3.8, 4) is 0 Å². The van der Waals surface area contributed by atoms with E-state index in [-0.39, 0.29) is 16.7 Å². The Balaban J connectivity index is 1.39. The third-order valence-corrected chi connectivity index (χ3v) is 6.84. The number of pyridine rings is 1. The number of likely N-dealkylation sites (tertiary alicyclic amines) is 1. The number of aromatic nitrogens is 2. The molecule has 2 aliphatic rings. The number of aryl methyl sites for hydroxylation is 1. The Hall–Kier alpha value is -2.13. The average molecular weight is 419 g/mol. The molecule has 1 N–H and O–H groups in total. The van der Waals surface area contributed by atoms with E-state index in [2.05, 4.69) is 15.4 Å². The van der Waals surface area contributed by atoms with Gasteiger partial charge < -0.3 is 19.3 Å². The molecule has 2 aromatic rings. The average Bonchev–Trinajstić information content (AvgIpc) is 3.07. The second-order valence-electron chi connectivity index (χ2n) is 7.44. The molecule has 3 atom stereocenters. The number of rotatable bonds is 3. The van der Waals surface area contributed by atoms with Gasteiger partial charge in [0.2, 0.25) is 5.91 Å². The second kappa shape index (κ2) is 7.71. The SMILES string of the molecule is Cc1cc(NC(=O)[C@H](C)SC(=S)N2C[C@H]3C[C@@H](C2)c2cccc(=O)n2C3)no1. The van der Waals surface area contributed by atoms with E-state index in [0.717, 1.165) is 36.1 Å². The Morgan fingerprint density at radius 1 is 1.39 bits per heavy atom. The van der Waals surface area contributed by atoms with E-state index in [4.69, 9.17) is 16.7 Å². The lowest BCUT2D eigenvalue weighted by Crippen LogP contribution is -2.48. The molecule has 2 aliphatic heterocycles. The molecule has 0 unspecified atom stereocenters. The number of thioether (sulfide) groups is 1. The molecule has 148 valence electrons. The van der Waals surface area contributed by atoms with Crippen LogP contribution in [-0.2, 0) is 11.3 Å². The van der Waals surface area contributed by atoms with Gasteiger partial charge in [0.05, 0.1) is 5.25 Å². The van der Waals surface area contributed by atoms with Gasteiger partial charge in [0, 0.05) is 43.4 Å². The van der Waals surface area contributed by atoms with E-state index < -0.39 is 0 Å². The molecule has 1 saturated heterocycles. The molecule has 7 nitrogen and oxygen atoms in total. The van der Waals surface area contributed by atoms with Crippen LogP contribution < -0.4 is 10.9 Å². The van der Waals surface area contributed by atoms with Crippen LogP contribution in [0.5, 0.6) is 0 Å². The van der Waals surface area contributed by atoms with Crippen LogP contribution in [0.4, 0.5) is 5.82 Å². The lowest BCUT2D eigenvalue weighted by Gasteiger charge is -2.43. The Morgan fingerprint density at radius 3 is 2.96 bits per heavy atom. The van der Waals surface area contributed by atoms with Crippen LogP contribution in [-0.4, -0.2) is 43.2 Å². The number of nitrogens with zero attached hydrogens (tertiary/aromatic N) is 3. The normalized spacial score (nSPS) is 21.7. The summed E-state index contributed by atoms with van der Waals surface area (Å²) in [5.74, 6) is 1.59. The number of hydrogen-bond donors (Lipinski definition) is 1. The third-order valence-electron chi connectivity index (χ3n) is 5.26. The maximum atomic E-state index is 12.4. The van der Waals surface area contributed by atoms with Crippen molar-refractivity contribution in [1.82, 2.24) is 14.6 Å². The van der Waals surface area contributed by atoms with Crippen molar-refractivity contribution in [3.05, 3.63) is 46.1 Å². The number of carbonyl (C=O) groups excluding carboxylic acids is 1. The number of fused-ring (bicyclic) bond motifs is 4. The lowest BCUT2D eigenvalue weighted by atomic mass is 9.83. The first kappa shape index (κ1) is 19.2. The summed E-state index contributed by atoms with van der Waals surface area (Å²) in [6, 6.07) is 7.18. The molecule has 0 radical (unpaired) electrons. The smallest absolute Gasteiger partial charge is 0.250 e. The van der Waals surface area contributed by atoms with Crippen molar-refractivity contribution in [2.24, 2.45) is 5.92 Å². The number of anilines is 1. The Bertz CT molecular complexity index is 970. The summed E-state index contributed by atoms with van der Waals surface area (Å²) in [6.45, 7) is 5.94. The highest BCUT2D eigenvalue weighted by Crippen LogP contribution is 2.36. The first-order valence-corrected chi connectivity index (χ1v) is 10.6. The third kappa shape index (κ3) is 3.86. The largest absolute Gasteiger partial charge is 0.360 e. The molecule has 4 rings (SSSR count). The Kier molecular flexibility index (Phi) is 5.29. The summed E-state index contributed by atoms with van der Waals surface area (Å²) in [7, 11) is 0. The van der Waals surface area contributed by atoms with E-state index in [0.29, 0.717) is 23.4 Å². The number of piperidine rings is 1. The molecule has 0 spiro atoms. The fourth-order valence-corrected chi connectivity index (χ4v) is 5.33. The number of hydrogen-bond acceptors (Lipinski definition) is 6. The fourth-order valence-electron chi connectivity index (χ4n) is 3.98. The molecule has 0 aromatic carbocycles. The highest BCUT2D eigenvalue weighted by atomic mass is 32.2. The van der Waals surface area contributed by atoms with E-state index in [9.17, 15) is 9.59 Å². The first-order chi connectivity index (χ1) is 13.4. The zero-order valence-corrected chi connectivity index (χ0v) is 17.4. The second-order valence-corrected chi connectivity index (χ2v) is 9.42. The molecule has 0 aliphatic carbocycles. The molecular formula is C19H22N4O3S2. The molecule has 0 saturated carbocycles. The van der Waals surface area contributed by atoms with E-state index in [1.807, 2.05) is 23.6 Å². The van der Waals surface area contributed by atoms with E-state index in [1.165, 1.54) is 11.8 Å². The monoisotopic (exact) mass is 418 g/mol. The van der Waals surface area contributed by atoms with Gasteiger partial charge in [0.1, 0.15) is 10.1 Å². The zero-order chi connectivity index (χ0) is 19.8. The molecule has 4 heterocycles. The molecular weight excluding hydrogens is 396 g/mol. The molecule has 28 heavy (non-hydrogen) atoms. The van der Waals surface area contributed by atoms with Crippen LogP contribution in [0.2, 0.25) is 0 Å². The van der Waals surface area contributed by atoms with Gasteiger partial charge in [-0.1, -0.05) is 35.2 Å². The number of carbonyl (C=O) groups is 1. The van der Waals surface area contributed by atoms with Gasteiger partial charge in [-0.05, 0) is 32.3 Å². The van der Waals surface area contributed by atoms with Gasteiger partial charge in [-0.2, -0.15) is 0 Å². The minimum Gasteiger partial charge on any atom is -0.360 e. The quantitative estimate of drug-likeness (QED) is 0.768. The summed E-state index contributed by atoms with van der Waals surface area (Å²) in [5, 5.41) is 6.19. The molecule has 2 aromatic heterocycles. The summed E-state index contributed by atoms with van der Waals surface area (Å²) in [6.07, 6.45) is 1.08. The Morgan fingerprint density at radius 2 is 2.21 bits per heavy atom. The molecule has 9 heteroatoms. The minimum atomic E-state index is -0.346. The molecule has 1 amide bonds. The van der Waals surface area contributed by atoms with Gasteiger partial charge in [-0.3, -0.25) is 9.59 Å². The van der Waals surface area contributed by atoms with Gasteiger partial charge in [-0.25, -0.2) is 0 Å². The standard InChI is InChI=1S/C19H22N4O3S2/c1-11-6-16(21-26-11)20-18(25)12(2)28-19(27)22-8-13-7-14(10-22)15-4-3-5-17(24)23(15)9-13/h3-6,12-14H,7-10H2,1-2H3,(H,20,21,25)/t12-,13+,14-/m0/s1. The van der Waals surface area contributed by atoms with Crippen LogP contribution >= 0.6 is 24.0 Å². The number of amides is 1. The predicted octanol–water partition coefficient (Wildman–Crippen LogP) is 2.61. The fraction of sp³-hybridized carbons (Fsp3) is 0.474. The van der Waals surface area contributed by atoms with Crippen LogP contribution in [0, 0.1) is 12.8 Å². The van der Waals surface area contributed by atoms with Crippen molar-refractivity contribution in [2.45, 2.75) is 38.0 Å². The summed E-state index contributed by atoms with van der Waals surface area (Å²) in [4.78, 5) is 26.7. The van der Waals surface area contributed by atoms with Crippen LogP contribution in [0.15, 0.2) is 33.6 Å². The number of thiocarbonyl (C=S) groups is 1. The summed E-state index contributed by atoms with van der Waals surface area (Å²) >= 11 is 7.03. The minimum absolute atomic E-state index is 0.0750. The van der Waals surface area contributed by atoms with Gasteiger partial charge in [0.25, 0.3) is 5.56 Å². The van der Waals surface area contributed by atoms with Crippen LogP contribution in [0.3, 0.4) is 0 Å².